The van der Waals surface area contributed by atoms with E-state index >= 15 is 0 Å². The van der Waals surface area contributed by atoms with Crippen molar-refractivity contribution in [2.24, 2.45) is 0 Å². The Morgan fingerprint density at radius 3 is 2.69 bits per heavy atom. The van der Waals surface area contributed by atoms with Crippen molar-refractivity contribution in [1.82, 2.24) is 0 Å². The summed E-state index contributed by atoms with van der Waals surface area (Å²) in [7, 11) is 0. The molecule has 0 N–H and O–H groups in total. The number of hydrogen-bond donors (Lipinski definition) is 0. The van der Waals surface area contributed by atoms with Crippen LogP contribution in [0.4, 0.5) is 0 Å². The number of hydrogen-bond acceptors (Lipinski definition) is 1. The fraction of sp³-hybridized carbons (Fsp3) is 0.364. The fourth-order valence-corrected chi connectivity index (χ4v) is 1.82. The number of halogens is 1. The van der Waals surface area contributed by atoms with Crippen molar-refractivity contribution < 1.29 is 4.79 Å². The predicted octanol–water partition coefficient (Wildman–Crippen LogP) is 3.14. The van der Waals surface area contributed by atoms with Crippen LogP contribution >= 0.6 is 15.9 Å². The van der Waals surface area contributed by atoms with Gasteiger partial charge < -0.3 is 0 Å². The molecule has 0 aliphatic carbocycles. The van der Waals surface area contributed by atoms with Crippen molar-refractivity contribution >= 4 is 21.7 Å². The fourth-order valence-electron chi connectivity index (χ4n) is 1.30. The second-order valence-corrected chi connectivity index (χ2v) is 4.01. The van der Waals surface area contributed by atoms with Crippen LogP contribution in [0, 0.1) is 0 Å². The molecule has 0 saturated carbocycles. The quantitative estimate of drug-likeness (QED) is 0.794. The largest absolute Gasteiger partial charge is 0.300 e. The van der Waals surface area contributed by atoms with Crippen molar-refractivity contribution in [2.75, 3.05) is 0 Å². The molecule has 0 amide bonds. The van der Waals surface area contributed by atoms with Crippen molar-refractivity contribution in [3.8, 4) is 0 Å². The molecule has 0 radical (unpaired) electrons. The van der Waals surface area contributed by atoms with Crippen LogP contribution in [0.2, 0.25) is 0 Å². The third-order valence-corrected chi connectivity index (χ3v) is 2.72. The first kappa shape index (κ1) is 10.5. The average molecular weight is 241 g/mol. The van der Waals surface area contributed by atoms with Gasteiger partial charge in [-0.25, -0.2) is 0 Å². The molecule has 0 aromatic heterocycles. The van der Waals surface area contributed by atoms with E-state index in [1.54, 1.807) is 6.92 Å². The van der Waals surface area contributed by atoms with E-state index in [9.17, 15) is 4.79 Å². The molecule has 2 heteroatoms. The molecule has 0 aliphatic rings. The summed E-state index contributed by atoms with van der Waals surface area (Å²) < 4.78 is 1.13. The van der Waals surface area contributed by atoms with Crippen LogP contribution in [0.3, 0.4) is 0 Å². The maximum absolute atomic E-state index is 10.9. The number of ketones is 1. The minimum atomic E-state index is 0.212. The second-order valence-electron chi connectivity index (χ2n) is 3.16. The van der Waals surface area contributed by atoms with Gasteiger partial charge in [-0.2, -0.15) is 0 Å². The maximum atomic E-state index is 10.9. The third kappa shape index (κ3) is 2.96. The van der Waals surface area contributed by atoms with Crippen LogP contribution in [0.15, 0.2) is 22.7 Å². The topological polar surface area (TPSA) is 17.1 Å². The summed E-state index contributed by atoms with van der Waals surface area (Å²) in [6.45, 7) is 3.73. The highest BCUT2D eigenvalue weighted by molar-refractivity contribution is 9.10. The van der Waals surface area contributed by atoms with E-state index in [4.69, 9.17) is 0 Å². The molecule has 0 unspecified atom stereocenters. The molecule has 0 atom stereocenters. The van der Waals surface area contributed by atoms with Gasteiger partial charge in [0.05, 0.1) is 0 Å². The highest BCUT2D eigenvalue weighted by Gasteiger charge is 2.01. The van der Waals surface area contributed by atoms with Crippen LogP contribution in [0.25, 0.3) is 0 Å². The van der Waals surface area contributed by atoms with E-state index in [0.29, 0.717) is 6.42 Å². The molecule has 0 bridgehead atoms. The number of benzene rings is 1. The van der Waals surface area contributed by atoms with Gasteiger partial charge in [-0.05, 0) is 30.5 Å². The summed E-state index contributed by atoms with van der Waals surface area (Å²) in [5, 5.41) is 0. The first-order valence-corrected chi connectivity index (χ1v) is 5.19. The van der Waals surface area contributed by atoms with E-state index in [1.165, 1.54) is 5.56 Å². The van der Waals surface area contributed by atoms with E-state index in [1.807, 2.05) is 12.1 Å². The molecule has 0 spiro atoms. The number of carbonyl (C=O) groups excluding carboxylic acids is 1. The van der Waals surface area contributed by atoms with Crippen LogP contribution in [-0.4, -0.2) is 5.78 Å². The molecule has 0 heterocycles. The summed E-state index contributed by atoms with van der Waals surface area (Å²) in [4.78, 5) is 10.9. The molecular weight excluding hydrogens is 228 g/mol. The van der Waals surface area contributed by atoms with Crippen molar-refractivity contribution in [3.63, 3.8) is 0 Å². The lowest BCUT2D eigenvalue weighted by Crippen LogP contribution is -1.97. The van der Waals surface area contributed by atoms with Crippen LogP contribution < -0.4 is 0 Å². The molecule has 13 heavy (non-hydrogen) atoms. The highest BCUT2D eigenvalue weighted by Crippen LogP contribution is 2.19. The summed E-state index contributed by atoms with van der Waals surface area (Å²) in [5.41, 5.74) is 2.37. The van der Waals surface area contributed by atoms with Crippen LogP contribution in [0.5, 0.6) is 0 Å². The van der Waals surface area contributed by atoms with Crippen molar-refractivity contribution in [1.29, 1.82) is 0 Å². The molecule has 1 aromatic carbocycles. The van der Waals surface area contributed by atoms with Gasteiger partial charge in [0.15, 0.2) is 0 Å². The van der Waals surface area contributed by atoms with Crippen molar-refractivity contribution in [2.45, 2.75) is 26.7 Å². The van der Waals surface area contributed by atoms with Gasteiger partial charge in [-0.15, -0.1) is 0 Å². The third-order valence-electron chi connectivity index (χ3n) is 1.94. The average Bonchev–Trinajstić information content (AvgIpc) is 2.07. The molecule has 70 valence electrons. The van der Waals surface area contributed by atoms with Crippen LogP contribution in [0.1, 0.15) is 25.0 Å². The SMILES string of the molecule is CCc1cc(CC(C)=O)ccc1Br. The Bertz CT molecular complexity index is 318. The standard InChI is InChI=1S/C11H13BrO/c1-3-10-7-9(6-8(2)13)4-5-11(10)12/h4-5,7H,3,6H2,1-2H3. The minimum absolute atomic E-state index is 0.212. The second kappa shape index (κ2) is 4.56. The monoisotopic (exact) mass is 240 g/mol. The van der Waals surface area contributed by atoms with Crippen LogP contribution in [-0.2, 0) is 17.6 Å². The minimum Gasteiger partial charge on any atom is -0.300 e. The smallest absolute Gasteiger partial charge is 0.134 e. The van der Waals surface area contributed by atoms with Gasteiger partial charge in [-0.3, -0.25) is 4.79 Å². The molecule has 1 rings (SSSR count). The molecule has 1 nitrogen and oxygen atoms in total. The van der Waals surface area contributed by atoms with Crippen molar-refractivity contribution in [3.05, 3.63) is 33.8 Å². The van der Waals surface area contributed by atoms with Gasteiger partial charge in [0.1, 0.15) is 5.78 Å². The van der Waals surface area contributed by atoms with Gasteiger partial charge in [0.25, 0.3) is 0 Å². The van der Waals surface area contributed by atoms with E-state index in [0.717, 1.165) is 16.5 Å². The normalized spacial score (nSPS) is 10.1. The Hall–Kier alpha value is -0.630. The predicted molar refractivity (Wildman–Crippen MR) is 57.9 cm³/mol. The summed E-state index contributed by atoms with van der Waals surface area (Å²) in [6, 6.07) is 6.09. The lowest BCUT2D eigenvalue weighted by Gasteiger charge is -2.04. The lowest BCUT2D eigenvalue weighted by atomic mass is 10.1. The molecule has 1 aromatic rings. The zero-order valence-electron chi connectivity index (χ0n) is 7.93. The zero-order chi connectivity index (χ0) is 9.84. The molecular formula is C11H13BrO. The molecule has 0 aliphatic heterocycles. The zero-order valence-corrected chi connectivity index (χ0v) is 9.52. The Labute approximate surface area is 87.3 Å². The Kier molecular flexibility index (Phi) is 3.67. The number of rotatable bonds is 3. The van der Waals surface area contributed by atoms with E-state index < -0.39 is 0 Å². The number of carbonyl (C=O) groups is 1. The summed E-state index contributed by atoms with van der Waals surface area (Å²) >= 11 is 3.47. The lowest BCUT2D eigenvalue weighted by molar-refractivity contribution is -0.116. The summed E-state index contributed by atoms with van der Waals surface area (Å²) in [6.07, 6.45) is 1.53. The Balaban J connectivity index is 2.92. The Morgan fingerprint density at radius 2 is 2.15 bits per heavy atom. The highest BCUT2D eigenvalue weighted by atomic mass is 79.9. The van der Waals surface area contributed by atoms with Gasteiger partial charge in [0, 0.05) is 10.9 Å². The Morgan fingerprint density at radius 1 is 1.46 bits per heavy atom. The molecule has 0 fully saturated rings. The van der Waals surface area contributed by atoms with Gasteiger partial charge >= 0.3 is 0 Å². The molecule has 0 saturated heterocycles. The first-order valence-electron chi connectivity index (χ1n) is 4.40. The van der Waals surface area contributed by atoms with E-state index in [2.05, 4.69) is 28.9 Å². The van der Waals surface area contributed by atoms with Gasteiger partial charge in [-0.1, -0.05) is 35.0 Å². The summed E-state index contributed by atoms with van der Waals surface area (Å²) in [5.74, 6) is 0.212. The number of Topliss-reactive ketones (excluding diaryl/α,β-unsaturated/α-hetero) is 1. The number of aryl methyl sites for hydroxylation is 1. The maximum Gasteiger partial charge on any atom is 0.134 e. The van der Waals surface area contributed by atoms with Gasteiger partial charge in [0.2, 0.25) is 0 Å². The van der Waals surface area contributed by atoms with E-state index in [-0.39, 0.29) is 5.78 Å². The first-order chi connectivity index (χ1) is 6.13.